The normalized spacial score (nSPS) is 12.3. The lowest BCUT2D eigenvalue weighted by atomic mass is 9.97. The minimum atomic E-state index is -0.929. The molecule has 1 atom stereocenters. The van der Waals surface area contributed by atoms with Crippen LogP contribution in [-0.4, -0.2) is 33.3 Å². The van der Waals surface area contributed by atoms with E-state index in [-0.39, 0.29) is 18.4 Å². The third-order valence-corrected chi connectivity index (χ3v) is 4.88. The molecule has 2 N–H and O–H groups in total. The van der Waals surface area contributed by atoms with Crippen LogP contribution in [0, 0.1) is 5.92 Å². The number of aliphatic carboxylic acids is 1. The predicted molar refractivity (Wildman–Crippen MR) is 108 cm³/mol. The van der Waals surface area contributed by atoms with Crippen molar-refractivity contribution in [2.75, 3.05) is 6.54 Å². The van der Waals surface area contributed by atoms with Crippen LogP contribution in [0.15, 0.2) is 48.5 Å². The predicted octanol–water partition coefficient (Wildman–Crippen LogP) is 3.37. The fraction of sp³-hybridized carbons (Fsp3) is 0.318. The molecule has 2 aromatic carbocycles. The van der Waals surface area contributed by atoms with Gasteiger partial charge in [0.25, 0.3) is 5.91 Å². The van der Waals surface area contributed by atoms with Crippen LogP contribution in [0.1, 0.15) is 41.5 Å². The molecule has 0 saturated heterocycles. The fourth-order valence-corrected chi connectivity index (χ4v) is 3.19. The fourth-order valence-electron chi connectivity index (χ4n) is 3.19. The van der Waals surface area contributed by atoms with Gasteiger partial charge in [-0.15, -0.1) is 0 Å². The Bertz CT molecular complexity index is 1010. The first-order valence-corrected chi connectivity index (χ1v) is 9.37. The molecule has 6 nitrogen and oxygen atoms in total. The summed E-state index contributed by atoms with van der Waals surface area (Å²) in [5, 5.41) is 18.9. The van der Waals surface area contributed by atoms with Crippen LogP contribution in [0.2, 0.25) is 0 Å². The summed E-state index contributed by atoms with van der Waals surface area (Å²) in [6, 6.07) is 15.6. The monoisotopic (exact) mass is 379 g/mol. The van der Waals surface area contributed by atoms with Gasteiger partial charge in [0.1, 0.15) is 5.69 Å². The van der Waals surface area contributed by atoms with Gasteiger partial charge >= 0.3 is 5.97 Å². The number of carboxylic acids is 1. The van der Waals surface area contributed by atoms with E-state index in [4.69, 9.17) is 0 Å². The lowest BCUT2D eigenvalue weighted by Gasteiger charge is -2.14. The molecule has 0 radical (unpaired) electrons. The van der Waals surface area contributed by atoms with Gasteiger partial charge in [-0.25, -0.2) is 0 Å². The molecule has 3 aromatic rings. The van der Waals surface area contributed by atoms with E-state index < -0.39 is 11.9 Å². The zero-order valence-corrected chi connectivity index (χ0v) is 16.3. The van der Waals surface area contributed by atoms with Gasteiger partial charge in [-0.3, -0.25) is 14.3 Å². The molecule has 0 aliphatic rings. The van der Waals surface area contributed by atoms with Gasteiger partial charge in [0, 0.05) is 13.6 Å². The van der Waals surface area contributed by atoms with Crippen LogP contribution >= 0.6 is 0 Å². The highest BCUT2D eigenvalue weighted by molar-refractivity contribution is 5.93. The number of hydrogen-bond donors (Lipinski definition) is 2. The van der Waals surface area contributed by atoms with Gasteiger partial charge < -0.3 is 10.4 Å². The number of aryl methyl sites for hydroxylation is 1. The van der Waals surface area contributed by atoms with Gasteiger partial charge in [-0.2, -0.15) is 5.10 Å². The smallest absolute Gasteiger partial charge is 0.308 e. The van der Waals surface area contributed by atoms with Crippen LogP contribution in [0.5, 0.6) is 0 Å². The van der Waals surface area contributed by atoms with Crippen LogP contribution < -0.4 is 5.32 Å². The third kappa shape index (κ3) is 4.39. The average molecular weight is 379 g/mol. The Morgan fingerprint density at radius 2 is 1.82 bits per heavy atom. The molecule has 0 bridgehead atoms. The number of aromatic nitrogens is 2. The van der Waals surface area contributed by atoms with Crippen molar-refractivity contribution in [3.05, 3.63) is 65.5 Å². The Morgan fingerprint density at radius 1 is 1.11 bits per heavy atom. The van der Waals surface area contributed by atoms with Crippen molar-refractivity contribution >= 4 is 22.6 Å². The molecule has 1 unspecified atom stereocenters. The van der Waals surface area contributed by atoms with E-state index >= 15 is 0 Å². The standard InChI is InChI=1S/C22H25N3O3/c1-14(2)19-12-20(25(3)24-19)21(26)23-13-18(22(27)28)11-15-8-9-16-6-4-5-7-17(16)10-15/h4-10,12,14,18H,11,13H2,1-3H3,(H,23,26)(H,27,28). The minimum Gasteiger partial charge on any atom is -0.481 e. The Balaban J connectivity index is 1.69. The third-order valence-electron chi connectivity index (χ3n) is 4.88. The number of benzene rings is 2. The van der Waals surface area contributed by atoms with Gasteiger partial charge in [0.05, 0.1) is 11.6 Å². The maximum Gasteiger partial charge on any atom is 0.308 e. The molecule has 0 aliphatic carbocycles. The highest BCUT2D eigenvalue weighted by Gasteiger charge is 2.21. The SMILES string of the molecule is CC(C)c1cc(C(=O)NCC(Cc2ccc3ccccc3c2)C(=O)O)n(C)n1. The highest BCUT2D eigenvalue weighted by atomic mass is 16.4. The molecule has 28 heavy (non-hydrogen) atoms. The molecule has 1 heterocycles. The second-order valence-electron chi connectivity index (χ2n) is 7.36. The Kier molecular flexibility index (Phi) is 5.78. The van der Waals surface area contributed by atoms with Crippen LogP contribution in [0.3, 0.4) is 0 Å². The maximum absolute atomic E-state index is 12.5. The van der Waals surface area contributed by atoms with Crippen molar-refractivity contribution in [1.29, 1.82) is 0 Å². The molecule has 0 fully saturated rings. The van der Waals surface area contributed by atoms with Gasteiger partial charge in [-0.05, 0) is 34.7 Å². The van der Waals surface area contributed by atoms with E-state index in [1.165, 1.54) is 4.68 Å². The summed E-state index contributed by atoms with van der Waals surface area (Å²) in [4.78, 5) is 24.2. The number of nitrogens with zero attached hydrogens (tertiary/aromatic N) is 2. The number of fused-ring (bicyclic) bond motifs is 1. The van der Waals surface area contributed by atoms with E-state index in [1.807, 2.05) is 56.3 Å². The molecule has 146 valence electrons. The van der Waals surface area contributed by atoms with Crippen molar-refractivity contribution in [2.45, 2.75) is 26.2 Å². The lowest BCUT2D eigenvalue weighted by Crippen LogP contribution is -2.35. The van der Waals surface area contributed by atoms with E-state index in [1.54, 1.807) is 13.1 Å². The molecule has 0 spiro atoms. The second-order valence-corrected chi connectivity index (χ2v) is 7.36. The van der Waals surface area contributed by atoms with Crippen LogP contribution in [-0.2, 0) is 18.3 Å². The molecule has 3 rings (SSSR count). The summed E-state index contributed by atoms with van der Waals surface area (Å²) in [6.45, 7) is 4.07. The Hall–Kier alpha value is -3.15. The van der Waals surface area contributed by atoms with E-state index in [9.17, 15) is 14.7 Å². The number of amides is 1. The Labute approximate surface area is 164 Å². The van der Waals surface area contributed by atoms with Crippen molar-refractivity contribution < 1.29 is 14.7 Å². The summed E-state index contributed by atoms with van der Waals surface area (Å²) >= 11 is 0. The first kappa shape index (κ1) is 19.6. The van der Waals surface area contributed by atoms with Crippen molar-refractivity contribution in [1.82, 2.24) is 15.1 Å². The molecule has 1 aromatic heterocycles. The zero-order chi connectivity index (χ0) is 20.3. The first-order valence-electron chi connectivity index (χ1n) is 9.37. The summed E-state index contributed by atoms with van der Waals surface area (Å²) < 4.78 is 1.53. The number of carboxylic acid groups (broad SMARTS) is 1. The second kappa shape index (κ2) is 8.25. The summed E-state index contributed by atoms with van der Waals surface area (Å²) in [5.41, 5.74) is 2.19. The van der Waals surface area contributed by atoms with Crippen molar-refractivity contribution in [2.24, 2.45) is 13.0 Å². The van der Waals surface area contributed by atoms with Gasteiger partial charge in [-0.1, -0.05) is 56.3 Å². The topological polar surface area (TPSA) is 84.2 Å². The summed E-state index contributed by atoms with van der Waals surface area (Å²) in [6.07, 6.45) is 0.350. The summed E-state index contributed by atoms with van der Waals surface area (Å²) in [7, 11) is 1.71. The largest absolute Gasteiger partial charge is 0.481 e. The van der Waals surface area contributed by atoms with Crippen LogP contribution in [0.25, 0.3) is 10.8 Å². The zero-order valence-electron chi connectivity index (χ0n) is 16.3. The lowest BCUT2D eigenvalue weighted by molar-refractivity contribution is -0.141. The quantitative estimate of drug-likeness (QED) is 0.659. The summed E-state index contributed by atoms with van der Waals surface area (Å²) in [5.74, 6) is -1.73. The Morgan fingerprint density at radius 3 is 2.46 bits per heavy atom. The molecular weight excluding hydrogens is 354 g/mol. The molecule has 0 aliphatic heterocycles. The number of carbonyl (C=O) groups excluding carboxylic acids is 1. The van der Waals surface area contributed by atoms with Crippen LogP contribution in [0.4, 0.5) is 0 Å². The van der Waals surface area contributed by atoms with Crippen molar-refractivity contribution in [3.63, 3.8) is 0 Å². The number of rotatable bonds is 7. The molecule has 0 saturated carbocycles. The molecule has 1 amide bonds. The van der Waals surface area contributed by atoms with Crippen molar-refractivity contribution in [3.8, 4) is 0 Å². The number of nitrogens with one attached hydrogen (secondary N) is 1. The molecular formula is C22H25N3O3. The molecule has 6 heteroatoms. The van der Waals surface area contributed by atoms with Gasteiger partial charge in [0.2, 0.25) is 0 Å². The minimum absolute atomic E-state index is 0.0587. The van der Waals surface area contributed by atoms with E-state index in [0.29, 0.717) is 12.1 Å². The van der Waals surface area contributed by atoms with Gasteiger partial charge in [0.15, 0.2) is 0 Å². The average Bonchev–Trinajstić information content (AvgIpc) is 3.06. The van der Waals surface area contributed by atoms with E-state index in [2.05, 4.69) is 10.4 Å². The number of carbonyl (C=O) groups is 2. The first-order chi connectivity index (χ1) is 13.3. The maximum atomic E-state index is 12.5. The number of hydrogen-bond acceptors (Lipinski definition) is 3. The van der Waals surface area contributed by atoms with E-state index in [0.717, 1.165) is 22.0 Å². The highest BCUT2D eigenvalue weighted by Crippen LogP contribution is 2.18.